The number of hydrogen-bond acceptors (Lipinski definition) is 3. The molecule has 1 aliphatic rings. The second-order valence-corrected chi connectivity index (χ2v) is 4.47. The van der Waals surface area contributed by atoms with E-state index < -0.39 is 0 Å². The van der Waals surface area contributed by atoms with Gasteiger partial charge in [0.05, 0.1) is 6.10 Å². The molecule has 2 N–H and O–H groups in total. The zero-order valence-corrected chi connectivity index (χ0v) is 10.1. The number of ether oxygens (including phenoxy) is 1. The number of hydrogen-bond donors (Lipinski definition) is 2. The van der Waals surface area contributed by atoms with Gasteiger partial charge in [-0.1, -0.05) is 0 Å². The van der Waals surface area contributed by atoms with E-state index in [1.165, 1.54) is 0 Å². The van der Waals surface area contributed by atoms with Crippen LogP contribution in [0.15, 0.2) is 0 Å². The third-order valence-corrected chi connectivity index (χ3v) is 3.23. The molecule has 0 aromatic rings. The predicted octanol–water partition coefficient (Wildman–Crippen LogP) is 1.08. The SMILES string of the molecule is CNC(=O)CCCOC1CCC(CO)CC1. The van der Waals surface area contributed by atoms with Crippen molar-refractivity contribution < 1.29 is 14.6 Å². The van der Waals surface area contributed by atoms with Gasteiger partial charge in [-0.3, -0.25) is 4.79 Å². The monoisotopic (exact) mass is 229 g/mol. The van der Waals surface area contributed by atoms with Crippen LogP contribution in [0.2, 0.25) is 0 Å². The fourth-order valence-electron chi connectivity index (χ4n) is 2.09. The molecule has 0 atom stereocenters. The van der Waals surface area contributed by atoms with Crippen molar-refractivity contribution in [3.8, 4) is 0 Å². The number of carbonyl (C=O) groups excluding carboxylic acids is 1. The highest BCUT2D eigenvalue weighted by Gasteiger charge is 2.20. The Kier molecular flexibility index (Phi) is 6.42. The molecule has 1 fully saturated rings. The molecule has 0 unspecified atom stereocenters. The maximum atomic E-state index is 11.0. The van der Waals surface area contributed by atoms with Gasteiger partial charge in [-0.25, -0.2) is 0 Å². The molecule has 4 nitrogen and oxygen atoms in total. The number of amides is 1. The van der Waals surface area contributed by atoms with Gasteiger partial charge >= 0.3 is 0 Å². The second kappa shape index (κ2) is 7.63. The third-order valence-electron chi connectivity index (χ3n) is 3.23. The Morgan fingerprint density at radius 3 is 2.62 bits per heavy atom. The van der Waals surface area contributed by atoms with Gasteiger partial charge in [0.1, 0.15) is 0 Å². The summed E-state index contributed by atoms with van der Waals surface area (Å²) < 4.78 is 5.71. The van der Waals surface area contributed by atoms with Gasteiger partial charge in [0.15, 0.2) is 0 Å². The first-order valence-corrected chi connectivity index (χ1v) is 6.19. The van der Waals surface area contributed by atoms with Gasteiger partial charge in [-0.05, 0) is 38.0 Å². The predicted molar refractivity (Wildman–Crippen MR) is 62.1 cm³/mol. The van der Waals surface area contributed by atoms with E-state index >= 15 is 0 Å². The molecule has 1 amide bonds. The molecule has 0 spiro atoms. The molecule has 0 aliphatic heterocycles. The van der Waals surface area contributed by atoms with Gasteiger partial charge in [-0.2, -0.15) is 0 Å². The van der Waals surface area contributed by atoms with E-state index in [1.54, 1.807) is 7.05 Å². The van der Waals surface area contributed by atoms with E-state index in [1.807, 2.05) is 0 Å². The lowest BCUT2D eigenvalue weighted by molar-refractivity contribution is -0.121. The van der Waals surface area contributed by atoms with E-state index in [9.17, 15) is 4.79 Å². The molecular formula is C12H23NO3. The van der Waals surface area contributed by atoms with Crippen LogP contribution in [-0.4, -0.2) is 37.4 Å². The summed E-state index contributed by atoms with van der Waals surface area (Å²) in [7, 11) is 1.65. The fraction of sp³-hybridized carbons (Fsp3) is 0.917. The third kappa shape index (κ3) is 4.94. The molecule has 1 rings (SSSR count). The van der Waals surface area contributed by atoms with Gasteiger partial charge in [0.2, 0.25) is 5.91 Å². The topological polar surface area (TPSA) is 58.6 Å². The molecule has 16 heavy (non-hydrogen) atoms. The molecule has 1 saturated carbocycles. The maximum Gasteiger partial charge on any atom is 0.219 e. The van der Waals surface area contributed by atoms with Crippen molar-refractivity contribution in [1.29, 1.82) is 0 Å². The highest BCUT2D eigenvalue weighted by atomic mass is 16.5. The zero-order chi connectivity index (χ0) is 11.8. The summed E-state index contributed by atoms with van der Waals surface area (Å²) in [5.74, 6) is 0.554. The average Bonchev–Trinajstić information content (AvgIpc) is 2.35. The van der Waals surface area contributed by atoms with Crippen LogP contribution in [0.5, 0.6) is 0 Å². The van der Waals surface area contributed by atoms with E-state index in [0.717, 1.165) is 32.1 Å². The van der Waals surface area contributed by atoms with Crippen molar-refractivity contribution in [2.45, 2.75) is 44.6 Å². The largest absolute Gasteiger partial charge is 0.396 e. The van der Waals surface area contributed by atoms with Crippen LogP contribution in [0.3, 0.4) is 0 Å². The van der Waals surface area contributed by atoms with E-state index in [4.69, 9.17) is 9.84 Å². The number of aliphatic hydroxyl groups excluding tert-OH is 1. The average molecular weight is 229 g/mol. The first kappa shape index (κ1) is 13.5. The lowest BCUT2D eigenvalue weighted by atomic mass is 9.88. The smallest absolute Gasteiger partial charge is 0.219 e. The Balaban J connectivity index is 2.00. The summed E-state index contributed by atoms with van der Waals surface area (Å²) in [6.07, 6.45) is 5.90. The Morgan fingerprint density at radius 2 is 2.06 bits per heavy atom. The van der Waals surface area contributed by atoms with Crippen molar-refractivity contribution >= 4 is 5.91 Å². The fourth-order valence-corrected chi connectivity index (χ4v) is 2.09. The van der Waals surface area contributed by atoms with Crippen LogP contribution in [0, 0.1) is 5.92 Å². The second-order valence-electron chi connectivity index (χ2n) is 4.47. The molecule has 0 saturated heterocycles. The summed E-state index contributed by atoms with van der Waals surface area (Å²) in [5, 5.41) is 11.6. The Hall–Kier alpha value is -0.610. The van der Waals surface area contributed by atoms with Gasteiger partial charge < -0.3 is 15.2 Å². The van der Waals surface area contributed by atoms with Gasteiger partial charge in [-0.15, -0.1) is 0 Å². The normalized spacial score (nSPS) is 25.4. The van der Waals surface area contributed by atoms with Crippen molar-refractivity contribution in [3.05, 3.63) is 0 Å². The molecule has 0 bridgehead atoms. The standard InChI is InChI=1S/C12H23NO3/c1-13-12(15)3-2-8-16-11-6-4-10(9-14)5-7-11/h10-11,14H,2-9H2,1H3,(H,13,15). The molecule has 0 radical (unpaired) electrons. The van der Waals surface area contributed by atoms with Crippen LogP contribution in [0.25, 0.3) is 0 Å². The van der Waals surface area contributed by atoms with Crippen molar-refractivity contribution in [3.63, 3.8) is 0 Å². The van der Waals surface area contributed by atoms with Crippen LogP contribution in [0.1, 0.15) is 38.5 Å². The minimum Gasteiger partial charge on any atom is -0.396 e. The zero-order valence-electron chi connectivity index (χ0n) is 10.1. The Bertz CT molecular complexity index is 200. The molecule has 94 valence electrons. The first-order valence-electron chi connectivity index (χ1n) is 6.19. The number of carbonyl (C=O) groups is 1. The van der Waals surface area contributed by atoms with Gasteiger partial charge in [0, 0.05) is 26.7 Å². The lowest BCUT2D eigenvalue weighted by Crippen LogP contribution is -2.24. The summed E-state index contributed by atoms with van der Waals surface area (Å²) in [6, 6.07) is 0. The van der Waals surface area contributed by atoms with Crippen LogP contribution >= 0.6 is 0 Å². The minimum atomic E-state index is 0.0765. The van der Waals surface area contributed by atoms with Gasteiger partial charge in [0.25, 0.3) is 0 Å². The highest BCUT2D eigenvalue weighted by molar-refractivity contribution is 5.75. The van der Waals surface area contributed by atoms with E-state index in [2.05, 4.69) is 5.32 Å². The number of nitrogens with one attached hydrogen (secondary N) is 1. The quantitative estimate of drug-likeness (QED) is 0.670. The van der Waals surface area contributed by atoms with Crippen LogP contribution in [0.4, 0.5) is 0 Å². The molecule has 0 aromatic carbocycles. The van der Waals surface area contributed by atoms with E-state index in [0.29, 0.717) is 31.7 Å². The number of rotatable bonds is 6. The van der Waals surface area contributed by atoms with Crippen LogP contribution in [-0.2, 0) is 9.53 Å². The van der Waals surface area contributed by atoms with Crippen molar-refractivity contribution in [2.75, 3.05) is 20.3 Å². The maximum absolute atomic E-state index is 11.0. The molecule has 0 aromatic heterocycles. The highest BCUT2D eigenvalue weighted by Crippen LogP contribution is 2.25. The van der Waals surface area contributed by atoms with Crippen molar-refractivity contribution in [1.82, 2.24) is 5.32 Å². The minimum absolute atomic E-state index is 0.0765. The number of aliphatic hydroxyl groups is 1. The first-order chi connectivity index (χ1) is 7.76. The summed E-state index contributed by atoms with van der Waals surface area (Å²) in [5.41, 5.74) is 0. The summed E-state index contributed by atoms with van der Waals surface area (Å²) in [4.78, 5) is 11.0. The van der Waals surface area contributed by atoms with E-state index in [-0.39, 0.29) is 5.91 Å². The lowest BCUT2D eigenvalue weighted by Gasteiger charge is -2.27. The molecule has 0 heterocycles. The molecular weight excluding hydrogens is 206 g/mol. The van der Waals surface area contributed by atoms with Crippen LogP contribution < -0.4 is 5.32 Å². The summed E-state index contributed by atoms with van der Waals surface area (Å²) in [6.45, 7) is 0.977. The molecule has 4 heteroatoms. The van der Waals surface area contributed by atoms with Crippen molar-refractivity contribution in [2.24, 2.45) is 5.92 Å². The molecule has 1 aliphatic carbocycles. The Labute approximate surface area is 97.4 Å². The summed E-state index contributed by atoms with van der Waals surface area (Å²) >= 11 is 0. The Morgan fingerprint density at radius 1 is 1.38 bits per heavy atom.